The largest absolute Gasteiger partial charge is 0.338 e. The van der Waals surface area contributed by atoms with Crippen LogP contribution >= 0.6 is 11.3 Å². The fraction of sp³-hybridized carbons (Fsp3) is 0.438. The summed E-state index contributed by atoms with van der Waals surface area (Å²) in [4.78, 5) is 28.0. The highest BCUT2D eigenvalue weighted by atomic mass is 32.1. The molecule has 0 saturated carbocycles. The molecule has 0 aliphatic carbocycles. The molecule has 4 rings (SSSR count). The molecular formula is C16H18N4O2S. The van der Waals surface area contributed by atoms with Gasteiger partial charge in [0.1, 0.15) is 23.2 Å². The highest BCUT2D eigenvalue weighted by molar-refractivity contribution is 7.16. The van der Waals surface area contributed by atoms with Crippen molar-refractivity contribution in [2.45, 2.75) is 38.8 Å². The van der Waals surface area contributed by atoms with Gasteiger partial charge in [0.25, 0.3) is 5.56 Å². The lowest BCUT2D eigenvalue weighted by Crippen LogP contribution is -2.45. The fourth-order valence-corrected chi connectivity index (χ4v) is 4.19. The summed E-state index contributed by atoms with van der Waals surface area (Å²) in [6.45, 7) is 2.86. The molecule has 120 valence electrons. The Morgan fingerprint density at radius 2 is 2.30 bits per heavy atom. The van der Waals surface area contributed by atoms with E-state index in [1.54, 1.807) is 22.1 Å². The van der Waals surface area contributed by atoms with Crippen molar-refractivity contribution in [3.63, 3.8) is 0 Å². The van der Waals surface area contributed by atoms with Gasteiger partial charge in [0.05, 0.1) is 0 Å². The number of carbonyl (C=O) groups is 1. The van der Waals surface area contributed by atoms with Crippen molar-refractivity contribution in [3.8, 4) is 0 Å². The summed E-state index contributed by atoms with van der Waals surface area (Å²) in [5.74, 6) is -0.0236. The van der Waals surface area contributed by atoms with Crippen LogP contribution in [0, 0.1) is 0 Å². The van der Waals surface area contributed by atoms with Crippen molar-refractivity contribution in [2.75, 3.05) is 6.54 Å². The Morgan fingerprint density at radius 1 is 1.43 bits per heavy atom. The second-order valence-corrected chi connectivity index (χ2v) is 7.00. The third-order valence-corrected chi connectivity index (χ3v) is 5.54. The molecule has 0 bridgehead atoms. The van der Waals surface area contributed by atoms with Crippen LogP contribution < -0.4 is 5.56 Å². The van der Waals surface area contributed by atoms with Gasteiger partial charge in [-0.05, 0) is 43.7 Å². The normalized spacial score (nSPS) is 18.8. The highest BCUT2D eigenvalue weighted by Gasteiger charge is 2.24. The number of hydrogen-bond acceptors (Lipinski definition) is 4. The van der Waals surface area contributed by atoms with E-state index in [0.29, 0.717) is 5.52 Å². The van der Waals surface area contributed by atoms with Crippen molar-refractivity contribution in [2.24, 2.45) is 0 Å². The first-order valence-corrected chi connectivity index (χ1v) is 8.77. The molecule has 6 nitrogen and oxygen atoms in total. The standard InChI is InChI=1S/C16H18N4O2S/c1-11-4-2-3-6-18(11)14(21)9-20-15(22)13-8-12-5-7-23-16(12)19(13)10-17-20/h5,7-8,10-11H,2-4,6,9H2,1H3. The molecule has 1 amide bonds. The van der Waals surface area contributed by atoms with Crippen LogP contribution in [-0.2, 0) is 11.3 Å². The van der Waals surface area contributed by atoms with Crippen LogP contribution in [-0.4, -0.2) is 37.6 Å². The molecular weight excluding hydrogens is 312 g/mol. The molecule has 1 unspecified atom stereocenters. The molecule has 7 heteroatoms. The van der Waals surface area contributed by atoms with Gasteiger partial charge in [0.15, 0.2) is 0 Å². The maximum Gasteiger partial charge on any atom is 0.291 e. The molecule has 0 aromatic carbocycles. The van der Waals surface area contributed by atoms with Gasteiger partial charge in [0, 0.05) is 18.0 Å². The first-order chi connectivity index (χ1) is 11.1. The van der Waals surface area contributed by atoms with Gasteiger partial charge in [-0.25, -0.2) is 4.68 Å². The van der Waals surface area contributed by atoms with E-state index < -0.39 is 0 Å². The summed E-state index contributed by atoms with van der Waals surface area (Å²) in [5, 5.41) is 7.21. The number of fused-ring (bicyclic) bond motifs is 3. The Labute approximate surface area is 136 Å². The third-order valence-electron chi connectivity index (χ3n) is 4.61. The van der Waals surface area contributed by atoms with Crippen LogP contribution in [0.4, 0.5) is 0 Å². The van der Waals surface area contributed by atoms with Crippen LogP contribution in [0.1, 0.15) is 26.2 Å². The summed E-state index contributed by atoms with van der Waals surface area (Å²) in [6, 6.07) is 4.09. The fourth-order valence-electron chi connectivity index (χ4n) is 3.32. The van der Waals surface area contributed by atoms with Gasteiger partial charge in [-0.3, -0.25) is 14.0 Å². The molecule has 1 fully saturated rings. The molecule has 3 aromatic rings. The Morgan fingerprint density at radius 3 is 3.13 bits per heavy atom. The van der Waals surface area contributed by atoms with Crippen LogP contribution in [0.3, 0.4) is 0 Å². The minimum absolute atomic E-state index is 0.0124. The van der Waals surface area contributed by atoms with Crippen molar-refractivity contribution < 1.29 is 4.79 Å². The van der Waals surface area contributed by atoms with Crippen molar-refractivity contribution in [1.82, 2.24) is 19.1 Å². The first-order valence-electron chi connectivity index (χ1n) is 7.89. The Kier molecular flexibility index (Phi) is 3.45. The lowest BCUT2D eigenvalue weighted by molar-refractivity contribution is -0.135. The SMILES string of the molecule is CC1CCCCN1C(=O)Cn1ncn2c(cc3ccsc32)c1=O. The molecule has 23 heavy (non-hydrogen) atoms. The van der Waals surface area contributed by atoms with Gasteiger partial charge in [-0.2, -0.15) is 5.10 Å². The Balaban J connectivity index is 1.67. The van der Waals surface area contributed by atoms with E-state index in [9.17, 15) is 9.59 Å². The maximum atomic E-state index is 12.6. The van der Waals surface area contributed by atoms with E-state index in [-0.39, 0.29) is 24.1 Å². The van der Waals surface area contributed by atoms with Crippen molar-refractivity contribution in [1.29, 1.82) is 0 Å². The molecule has 1 saturated heterocycles. The Bertz CT molecular complexity index is 939. The lowest BCUT2D eigenvalue weighted by atomic mass is 10.0. The Hall–Kier alpha value is -2.15. The topological polar surface area (TPSA) is 59.6 Å². The van der Waals surface area contributed by atoms with Crippen LogP contribution in [0.15, 0.2) is 28.6 Å². The van der Waals surface area contributed by atoms with E-state index in [2.05, 4.69) is 12.0 Å². The van der Waals surface area contributed by atoms with Gasteiger partial charge in [-0.1, -0.05) is 0 Å². The van der Waals surface area contributed by atoms with Gasteiger partial charge < -0.3 is 4.90 Å². The van der Waals surface area contributed by atoms with Crippen LogP contribution in [0.5, 0.6) is 0 Å². The smallest absolute Gasteiger partial charge is 0.291 e. The molecule has 0 N–H and O–H groups in total. The number of amides is 1. The predicted molar refractivity (Wildman–Crippen MR) is 89.9 cm³/mol. The summed E-state index contributed by atoms with van der Waals surface area (Å²) in [5.41, 5.74) is 0.357. The quantitative estimate of drug-likeness (QED) is 0.723. The highest BCUT2D eigenvalue weighted by Crippen LogP contribution is 2.23. The number of likely N-dealkylation sites (tertiary alicyclic amines) is 1. The van der Waals surface area contributed by atoms with E-state index in [1.807, 2.05) is 22.4 Å². The lowest BCUT2D eigenvalue weighted by Gasteiger charge is -2.33. The second kappa shape index (κ2) is 5.49. The van der Waals surface area contributed by atoms with E-state index in [4.69, 9.17) is 0 Å². The molecule has 4 heterocycles. The monoisotopic (exact) mass is 330 g/mol. The summed E-state index contributed by atoms with van der Waals surface area (Å²) in [6.07, 6.45) is 4.85. The first kappa shape index (κ1) is 14.4. The summed E-state index contributed by atoms with van der Waals surface area (Å²) < 4.78 is 3.08. The number of piperidine rings is 1. The van der Waals surface area contributed by atoms with E-state index in [1.165, 1.54) is 4.68 Å². The number of carbonyl (C=O) groups excluding carboxylic acids is 1. The number of thiophene rings is 1. The maximum absolute atomic E-state index is 12.6. The predicted octanol–water partition coefficient (Wildman–Crippen LogP) is 2.11. The van der Waals surface area contributed by atoms with Crippen LogP contribution in [0.2, 0.25) is 0 Å². The van der Waals surface area contributed by atoms with E-state index in [0.717, 1.165) is 36.0 Å². The molecule has 1 aliphatic heterocycles. The molecule has 1 atom stereocenters. The minimum Gasteiger partial charge on any atom is -0.338 e. The minimum atomic E-state index is -0.214. The summed E-state index contributed by atoms with van der Waals surface area (Å²) >= 11 is 1.57. The second-order valence-electron chi connectivity index (χ2n) is 6.11. The average molecular weight is 330 g/mol. The molecule has 0 spiro atoms. The number of nitrogens with zero attached hydrogens (tertiary/aromatic N) is 4. The molecule has 0 radical (unpaired) electrons. The average Bonchev–Trinajstić information content (AvgIpc) is 3.12. The number of rotatable bonds is 2. The summed E-state index contributed by atoms with van der Waals surface area (Å²) in [7, 11) is 0. The van der Waals surface area contributed by atoms with Crippen LogP contribution in [0.25, 0.3) is 15.7 Å². The zero-order valence-corrected chi connectivity index (χ0v) is 13.8. The van der Waals surface area contributed by atoms with E-state index >= 15 is 0 Å². The number of hydrogen-bond donors (Lipinski definition) is 0. The zero-order chi connectivity index (χ0) is 16.0. The van der Waals surface area contributed by atoms with Crippen molar-refractivity contribution >= 4 is 33.0 Å². The number of aromatic nitrogens is 3. The molecule has 3 aromatic heterocycles. The van der Waals surface area contributed by atoms with Gasteiger partial charge in [0.2, 0.25) is 5.91 Å². The van der Waals surface area contributed by atoms with Gasteiger partial charge in [-0.15, -0.1) is 11.3 Å². The molecule has 1 aliphatic rings. The zero-order valence-electron chi connectivity index (χ0n) is 12.9. The van der Waals surface area contributed by atoms with Crippen molar-refractivity contribution in [3.05, 3.63) is 34.2 Å². The third kappa shape index (κ3) is 2.35. The van der Waals surface area contributed by atoms with Gasteiger partial charge >= 0.3 is 0 Å².